The number of para-hydroxylation sites is 3. The predicted molar refractivity (Wildman–Crippen MR) is 104 cm³/mol. The lowest BCUT2D eigenvalue weighted by Gasteiger charge is -2.36. The van der Waals surface area contributed by atoms with E-state index < -0.39 is 11.9 Å². The van der Waals surface area contributed by atoms with Gasteiger partial charge in [-0.2, -0.15) is 0 Å². The van der Waals surface area contributed by atoms with Crippen LogP contribution in [-0.4, -0.2) is 67.0 Å². The van der Waals surface area contributed by atoms with Gasteiger partial charge in [0, 0.05) is 26.2 Å². The van der Waals surface area contributed by atoms with Gasteiger partial charge in [0.2, 0.25) is 12.0 Å². The molecule has 0 saturated carbocycles. The molecule has 2 aliphatic heterocycles. The molecular weight excluding hydrogens is 377 g/mol. The summed E-state index contributed by atoms with van der Waals surface area (Å²) in [4.78, 5) is 28.6. The van der Waals surface area contributed by atoms with Gasteiger partial charge in [0.25, 0.3) is 5.91 Å². The van der Waals surface area contributed by atoms with Crippen molar-refractivity contribution in [2.75, 3.05) is 44.6 Å². The van der Waals surface area contributed by atoms with E-state index in [4.69, 9.17) is 9.47 Å². The lowest BCUT2D eigenvalue weighted by molar-refractivity contribution is -0.143. The van der Waals surface area contributed by atoms with Gasteiger partial charge in [-0.1, -0.05) is 24.3 Å². The Balaban J connectivity index is 1.26. The van der Waals surface area contributed by atoms with E-state index in [1.54, 1.807) is 29.2 Å². The van der Waals surface area contributed by atoms with Gasteiger partial charge in [0.1, 0.15) is 12.4 Å². The first-order chi connectivity index (χ1) is 14.1. The molecule has 0 spiro atoms. The smallest absolute Gasteiger partial charge is 0.267 e. The van der Waals surface area contributed by atoms with Gasteiger partial charge in [-0.25, -0.2) is 4.39 Å². The Morgan fingerprint density at radius 3 is 2.45 bits per heavy atom. The second kappa shape index (κ2) is 8.48. The van der Waals surface area contributed by atoms with Crippen LogP contribution < -0.4 is 14.8 Å². The fraction of sp³-hybridized carbons (Fsp3) is 0.333. The van der Waals surface area contributed by atoms with Gasteiger partial charge >= 0.3 is 0 Å². The second-order valence-electron chi connectivity index (χ2n) is 6.99. The fourth-order valence-electron chi connectivity index (χ4n) is 3.43. The maximum Gasteiger partial charge on any atom is 0.267 e. The Labute approximate surface area is 168 Å². The number of amides is 2. The predicted octanol–water partition coefficient (Wildman–Crippen LogP) is 1.75. The topological polar surface area (TPSA) is 71.1 Å². The zero-order valence-electron chi connectivity index (χ0n) is 15.8. The standard InChI is InChI=1S/C21H22FN3O4/c22-15-5-1-2-6-16(15)23-20(26)13-24-9-11-25(12-10-24)21(27)19-14-28-17-7-3-4-8-18(17)29-19/h1-8,19H,9-14H2,(H,23,26). The number of rotatable bonds is 4. The summed E-state index contributed by atoms with van der Waals surface area (Å²) < 4.78 is 25.1. The van der Waals surface area contributed by atoms with E-state index >= 15 is 0 Å². The Hall–Kier alpha value is -3.13. The summed E-state index contributed by atoms with van der Waals surface area (Å²) in [6.45, 7) is 2.43. The molecule has 0 aromatic heterocycles. The van der Waals surface area contributed by atoms with E-state index in [0.717, 1.165) is 0 Å². The number of fused-ring (bicyclic) bond motifs is 1. The Morgan fingerprint density at radius 2 is 1.69 bits per heavy atom. The SMILES string of the molecule is O=C(CN1CCN(C(=O)C2COc3ccccc3O2)CC1)Nc1ccccc1F. The van der Waals surface area contributed by atoms with Crippen LogP contribution in [0.4, 0.5) is 10.1 Å². The summed E-state index contributed by atoms with van der Waals surface area (Å²) in [5, 5.41) is 2.58. The molecule has 152 valence electrons. The number of hydrogen-bond acceptors (Lipinski definition) is 5. The van der Waals surface area contributed by atoms with Crippen LogP contribution in [0.25, 0.3) is 0 Å². The maximum atomic E-state index is 13.6. The molecule has 1 unspecified atom stereocenters. The molecule has 1 atom stereocenters. The van der Waals surface area contributed by atoms with Crippen molar-refractivity contribution in [3.8, 4) is 11.5 Å². The first-order valence-corrected chi connectivity index (χ1v) is 9.54. The third-order valence-corrected chi connectivity index (χ3v) is 4.98. The van der Waals surface area contributed by atoms with Crippen LogP contribution in [-0.2, 0) is 9.59 Å². The molecule has 2 aliphatic rings. The molecule has 7 nitrogen and oxygen atoms in total. The summed E-state index contributed by atoms with van der Waals surface area (Å²) >= 11 is 0. The van der Waals surface area contributed by atoms with Gasteiger partial charge in [0.15, 0.2) is 11.5 Å². The van der Waals surface area contributed by atoms with Crippen LogP contribution in [0.1, 0.15) is 0 Å². The molecule has 1 fully saturated rings. The molecule has 29 heavy (non-hydrogen) atoms. The van der Waals surface area contributed by atoms with Gasteiger partial charge in [-0.3, -0.25) is 14.5 Å². The molecule has 2 aromatic carbocycles. The largest absolute Gasteiger partial charge is 0.485 e. The van der Waals surface area contributed by atoms with Gasteiger partial charge in [-0.05, 0) is 24.3 Å². The Kier molecular flexibility index (Phi) is 5.62. The Morgan fingerprint density at radius 1 is 1.00 bits per heavy atom. The molecule has 4 rings (SSSR count). The summed E-state index contributed by atoms with van der Waals surface area (Å²) in [7, 11) is 0. The third kappa shape index (κ3) is 4.48. The third-order valence-electron chi connectivity index (χ3n) is 4.98. The maximum absolute atomic E-state index is 13.6. The minimum absolute atomic E-state index is 0.116. The summed E-state index contributed by atoms with van der Waals surface area (Å²) in [6, 6.07) is 13.3. The minimum Gasteiger partial charge on any atom is -0.485 e. The van der Waals surface area contributed by atoms with Crippen LogP contribution in [0.3, 0.4) is 0 Å². The van der Waals surface area contributed by atoms with Crippen molar-refractivity contribution in [1.82, 2.24) is 9.80 Å². The molecule has 1 saturated heterocycles. The lowest BCUT2D eigenvalue weighted by atomic mass is 10.2. The van der Waals surface area contributed by atoms with Crippen molar-refractivity contribution in [2.24, 2.45) is 0 Å². The highest BCUT2D eigenvalue weighted by Gasteiger charge is 2.32. The van der Waals surface area contributed by atoms with Crippen molar-refractivity contribution in [1.29, 1.82) is 0 Å². The summed E-state index contributed by atoms with van der Waals surface area (Å²) in [5.41, 5.74) is 0.168. The van der Waals surface area contributed by atoms with Crippen molar-refractivity contribution in [3.63, 3.8) is 0 Å². The molecule has 0 aliphatic carbocycles. The summed E-state index contributed by atoms with van der Waals surface area (Å²) in [6.07, 6.45) is -0.666. The minimum atomic E-state index is -0.666. The van der Waals surface area contributed by atoms with Gasteiger partial charge < -0.3 is 19.7 Å². The number of halogens is 1. The van der Waals surface area contributed by atoms with Crippen molar-refractivity contribution < 1.29 is 23.5 Å². The molecule has 0 bridgehead atoms. The van der Waals surface area contributed by atoms with Crippen LogP contribution >= 0.6 is 0 Å². The van der Waals surface area contributed by atoms with E-state index in [-0.39, 0.29) is 30.7 Å². The first kappa shape index (κ1) is 19.2. The second-order valence-corrected chi connectivity index (χ2v) is 6.99. The highest BCUT2D eigenvalue weighted by atomic mass is 19.1. The molecule has 2 heterocycles. The lowest BCUT2D eigenvalue weighted by Crippen LogP contribution is -2.54. The molecular formula is C21H22FN3O4. The van der Waals surface area contributed by atoms with E-state index in [0.29, 0.717) is 37.7 Å². The van der Waals surface area contributed by atoms with Crippen molar-refractivity contribution in [2.45, 2.75) is 6.10 Å². The van der Waals surface area contributed by atoms with Crippen LogP contribution in [0.15, 0.2) is 48.5 Å². The number of nitrogens with zero attached hydrogens (tertiary/aromatic N) is 2. The molecule has 0 radical (unpaired) electrons. The number of piperazine rings is 1. The summed E-state index contributed by atoms with van der Waals surface area (Å²) in [5.74, 6) is 0.348. The van der Waals surface area contributed by atoms with Crippen molar-refractivity contribution in [3.05, 3.63) is 54.3 Å². The number of hydrogen-bond donors (Lipinski definition) is 1. The number of benzene rings is 2. The van der Waals surface area contributed by atoms with E-state index in [1.807, 2.05) is 17.0 Å². The van der Waals surface area contributed by atoms with Crippen LogP contribution in [0.5, 0.6) is 11.5 Å². The highest BCUT2D eigenvalue weighted by Crippen LogP contribution is 2.31. The number of anilines is 1. The molecule has 2 aromatic rings. The first-order valence-electron chi connectivity index (χ1n) is 9.54. The van der Waals surface area contributed by atoms with Gasteiger partial charge in [0.05, 0.1) is 12.2 Å². The average Bonchev–Trinajstić information content (AvgIpc) is 2.75. The van der Waals surface area contributed by atoms with Crippen LogP contribution in [0.2, 0.25) is 0 Å². The van der Waals surface area contributed by atoms with Gasteiger partial charge in [-0.15, -0.1) is 0 Å². The van der Waals surface area contributed by atoms with E-state index in [1.165, 1.54) is 12.1 Å². The average molecular weight is 399 g/mol. The zero-order chi connectivity index (χ0) is 20.2. The van der Waals surface area contributed by atoms with Crippen molar-refractivity contribution >= 4 is 17.5 Å². The van der Waals surface area contributed by atoms with Crippen LogP contribution in [0, 0.1) is 5.82 Å². The highest BCUT2D eigenvalue weighted by molar-refractivity contribution is 5.92. The zero-order valence-corrected chi connectivity index (χ0v) is 15.8. The number of carbonyl (C=O) groups is 2. The number of nitrogens with one attached hydrogen (secondary N) is 1. The molecule has 8 heteroatoms. The van der Waals surface area contributed by atoms with E-state index in [2.05, 4.69) is 5.32 Å². The normalized spacial score (nSPS) is 18.9. The fourth-order valence-corrected chi connectivity index (χ4v) is 3.43. The monoisotopic (exact) mass is 399 g/mol. The molecule has 2 amide bonds. The molecule has 1 N–H and O–H groups in total. The number of carbonyl (C=O) groups excluding carboxylic acids is 2. The van der Waals surface area contributed by atoms with E-state index in [9.17, 15) is 14.0 Å². The Bertz CT molecular complexity index is 899. The number of ether oxygens (including phenoxy) is 2. The quantitative estimate of drug-likeness (QED) is 0.848.